The van der Waals surface area contributed by atoms with E-state index < -0.39 is 11.8 Å². The predicted molar refractivity (Wildman–Crippen MR) is 138 cm³/mol. The number of aryl methyl sites for hydroxylation is 2. The van der Waals surface area contributed by atoms with Gasteiger partial charge in [-0.25, -0.2) is 5.43 Å². The summed E-state index contributed by atoms with van der Waals surface area (Å²) in [5, 5.41) is 9.16. The van der Waals surface area contributed by atoms with Gasteiger partial charge < -0.3 is 20.1 Å². The second kappa shape index (κ2) is 12.7. The van der Waals surface area contributed by atoms with E-state index in [9.17, 15) is 14.4 Å². The molecule has 0 saturated carbocycles. The molecule has 0 saturated heterocycles. The van der Waals surface area contributed by atoms with Crippen molar-refractivity contribution in [3.05, 3.63) is 83.4 Å². The van der Waals surface area contributed by atoms with E-state index >= 15 is 0 Å². The number of ether oxygens (including phenoxy) is 2. The summed E-state index contributed by atoms with van der Waals surface area (Å²) in [6, 6.07) is 19.5. The minimum absolute atomic E-state index is 0.200. The second-order valence-corrected chi connectivity index (χ2v) is 7.81. The van der Waals surface area contributed by atoms with Crippen LogP contribution in [0.15, 0.2) is 71.8 Å². The summed E-state index contributed by atoms with van der Waals surface area (Å²) in [5.41, 5.74) is 5.92. The molecule has 0 fully saturated rings. The topological polar surface area (TPSA) is 118 Å². The van der Waals surface area contributed by atoms with E-state index in [4.69, 9.17) is 9.47 Å². The third-order valence-electron chi connectivity index (χ3n) is 4.91. The van der Waals surface area contributed by atoms with Crippen LogP contribution < -0.4 is 25.5 Å². The lowest BCUT2D eigenvalue weighted by atomic mass is 10.2. The lowest BCUT2D eigenvalue weighted by molar-refractivity contribution is -0.136. The first-order valence-corrected chi connectivity index (χ1v) is 11.3. The van der Waals surface area contributed by atoms with Gasteiger partial charge in [0.2, 0.25) is 0 Å². The molecule has 0 spiro atoms. The Labute approximate surface area is 209 Å². The zero-order chi connectivity index (χ0) is 25.9. The van der Waals surface area contributed by atoms with Crippen LogP contribution in [0.4, 0.5) is 11.4 Å². The number of nitrogens with zero attached hydrogens (tertiary/aromatic N) is 1. The number of anilines is 2. The van der Waals surface area contributed by atoms with Crippen molar-refractivity contribution in [2.75, 3.05) is 23.8 Å². The van der Waals surface area contributed by atoms with Crippen LogP contribution in [-0.4, -0.2) is 37.1 Å². The lowest BCUT2D eigenvalue weighted by Gasteiger charge is -2.13. The van der Waals surface area contributed by atoms with Crippen LogP contribution in [0, 0.1) is 13.8 Å². The minimum atomic E-state index is -0.905. The lowest BCUT2D eigenvalue weighted by Crippen LogP contribution is -2.32. The zero-order valence-corrected chi connectivity index (χ0v) is 20.3. The number of hydrazone groups is 1. The Hall–Kier alpha value is -4.66. The van der Waals surface area contributed by atoms with Crippen molar-refractivity contribution in [1.82, 2.24) is 5.43 Å². The molecule has 0 unspecified atom stereocenters. The van der Waals surface area contributed by atoms with Crippen LogP contribution in [0.25, 0.3) is 0 Å². The first kappa shape index (κ1) is 26.0. The summed E-state index contributed by atoms with van der Waals surface area (Å²) in [7, 11) is 0. The molecule has 0 aliphatic carbocycles. The smallest absolute Gasteiger partial charge is 0.329 e. The van der Waals surface area contributed by atoms with Gasteiger partial charge in [-0.3, -0.25) is 14.4 Å². The third-order valence-corrected chi connectivity index (χ3v) is 4.91. The number of hydrogen-bond donors (Lipinski definition) is 3. The molecule has 3 aromatic rings. The molecule has 3 N–H and O–H groups in total. The number of rotatable bonds is 9. The van der Waals surface area contributed by atoms with Crippen LogP contribution in [0.2, 0.25) is 0 Å². The van der Waals surface area contributed by atoms with Gasteiger partial charge in [0, 0.05) is 11.4 Å². The van der Waals surface area contributed by atoms with Crippen LogP contribution in [0.5, 0.6) is 11.5 Å². The van der Waals surface area contributed by atoms with Gasteiger partial charge in [-0.2, -0.15) is 5.10 Å². The number of carbonyl (C=O) groups excluding carboxylic acids is 3. The third kappa shape index (κ3) is 7.69. The predicted octanol–water partition coefficient (Wildman–Crippen LogP) is 3.81. The number of benzene rings is 3. The van der Waals surface area contributed by atoms with E-state index in [0.29, 0.717) is 29.4 Å². The number of para-hydroxylation sites is 1. The molecule has 0 aliphatic rings. The molecule has 0 radical (unpaired) electrons. The fourth-order valence-corrected chi connectivity index (χ4v) is 3.16. The Kier molecular flexibility index (Phi) is 9.16. The molecule has 186 valence electrons. The van der Waals surface area contributed by atoms with Crippen molar-refractivity contribution >= 4 is 35.3 Å². The summed E-state index contributed by atoms with van der Waals surface area (Å²) in [4.78, 5) is 36.4. The fraction of sp³-hybridized carbons (Fsp3) is 0.185. The van der Waals surface area contributed by atoms with Crippen molar-refractivity contribution in [2.45, 2.75) is 20.8 Å². The Morgan fingerprint density at radius 2 is 1.67 bits per heavy atom. The maximum Gasteiger partial charge on any atom is 0.329 e. The molecule has 0 aliphatic heterocycles. The summed E-state index contributed by atoms with van der Waals surface area (Å²) >= 11 is 0. The van der Waals surface area contributed by atoms with Gasteiger partial charge in [0.05, 0.1) is 12.8 Å². The molecule has 0 atom stereocenters. The van der Waals surface area contributed by atoms with Gasteiger partial charge in [0.15, 0.2) is 18.1 Å². The van der Waals surface area contributed by atoms with Crippen molar-refractivity contribution in [3.63, 3.8) is 0 Å². The largest absolute Gasteiger partial charge is 0.490 e. The van der Waals surface area contributed by atoms with Crippen molar-refractivity contribution in [2.24, 2.45) is 5.10 Å². The minimum Gasteiger partial charge on any atom is -0.490 e. The summed E-state index contributed by atoms with van der Waals surface area (Å²) < 4.78 is 11.3. The van der Waals surface area contributed by atoms with E-state index in [1.54, 1.807) is 36.4 Å². The van der Waals surface area contributed by atoms with Gasteiger partial charge >= 0.3 is 11.8 Å². The average molecular weight is 489 g/mol. The molecule has 0 heterocycles. The molecule has 36 heavy (non-hydrogen) atoms. The van der Waals surface area contributed by atoms with Gasteiger partial charge in [0.25, 0.3) is 5.91 Å². The fourth-order valence-electron chi connectivity index (χ4n) is 3.16. The normalized spacial score (nSPS) is 10.5. The molecule has 3 rings (SSSR count). The summed E-state index contributed by atoms with van der Waals surface area (Å²) in [6.45, 7) is 5.79. The molecule has 0 aromatic heterocycles. The highest BCUT2D eigenvalue weighted by Crippen LogP contribution is 2.28. The number of amides is 3. The van der Waals surface area contributed by atoms with E-state index in [0.717, 1.165) is 16.8 Å². The van der Waals surface area contributed by atoms with Gasteiger partial charge in [-0.1, -0.05) is 30.3 Å². The van der Waals surface area contributed by atoms with Crippen molar-refractivity contribution in [3.8, 4) is 11.5 Å². The Balaban J connectivity index is 1.56. The zero-order valence-electron chi connectivity index (χ0n) is 20.3. The summed E-state index contributed by atoms with van der Waals surface area (Å²) in [5.74, 6) is -1.24. The maximum atomic E-state index is 12.3. The number of nitrogens with one attached hydrogen (secondary N) is 3. The molecule has 3 aromatic carbocycles. The Morgan fingerprint density at radius 1 is 0.861 bits per heavy atom. The first-order valence-electron chi connectivity index (χ1n) is 11.3. The standard InChI is InChI=1S/C27H28N4O5/c1-4-35-24-15-20(16-28-31-27(34)26(33)29-21-10-7-8-18(2)14-21)12-13-23(24)36-17-25(32)30-22-11-6-5-9-19(22)3/h5-16H,4,17H2,1-3H3,(H,29,33)(H,30,32)(H,31,34)/b28-16-. The molecule has 9 heteroatoms. The second-order valence-electron chi connectivity index (χ2n) is 7.81. The Bertz CT molecular complexity index is 1270. The average Bonchev–Trinajstić information content (AvgIpc) is 2.85. The van der Waals surface area contributed by atoms with Gasteiger partial charge in [-0.15, -0.1) is 0 Å². The summed E-state index contributed by atoms with van der Waals surface area (Å²) in [6.07, 6.45) is 1.37. The highest BCUT2D eigenvalue weighted by molar-refractivity contribution is 6.39. The van der Waals surface area contributed by atoms with Crippen LogP contribution in [-0.2, 0) is 14.4 Å². The molecular weight excluding hydrogens is 460 g/mol. The Morgan fingerprint density at radius 3 is 2.42 bits per heavy atom. The van der Waals surface area contributed by atoms with Gasteiger partial charge in [-0.05, 0) is 73.9 Å². The SMILES string of the molecule is CCOc1cc(/C=N\NC(=O)C(=O)Nc2cccc(C)c2)ccc1OCC(=O)Nc1ccccc1C. The molecule has 3 amide bonds. The monoisotopic (exact) mass is 488 g/mol. The van der Waals surface area contributed by atoms with Crippen molar-refractivity contribution in [1.29, 1.82) is 0 Å². The van der Waals surface area contributed by atoms with E-state index in [1.807, 2.05) is 51.1 Å². The van der Waals surface area contributed by atoms with Crippen LogP contribution in [0.3, 0.4) is 0 Å². The van der Waals surface area contributed by atoms with Crippen molar-refractivity contribution < 1.29 is 23.9 Å². The van der Waals surface area contributed by atoms with Crippen LogP contribution in [0.1, 0.15) is 23.6 Å². The van der Waals surface area contributed by atoms with E-state index in [1.165, 1.54) is 6.21 Å². The molecule has 0 bridgehead atoms. The molecule has 9 nitrogen and oxygen atoms in total. The van der Waals surface area contributed by atoms with Crippen LogP contribution >= 0.6 is 0 Å². The quantitative estimate of drug-likeness (QED) is 0.241. The molecular formula is C27H28N4O5. The number of hydrogen-bond acceptors (Lipinski definition) is 6. The van der Waals surface area contributed by atoms with E-state index in [-0.39, 0.29) is 12.5 Å². The number of carbonyl (C=O) groups is 3. The maximum absolute atomic E-state index is 12.3. The first-order chi connectivity index (χ1) is 17.4. The highest BCUT2D eigenvalue weighted by atomic mass is 16.5. The highest BCUT2D eigenvalue weighted by Gasteiger charge is 2.13. The van der Waals surface area contributed by atoms with Gasteiger partial charge in [0.1, 0.15) is 0 Å². The van der Waals surface area contributed by atoms with E-state index in [2.05, 4.69) is 21.2 Å².